The second kappa shape index (κ2) is 32.3. The maximum absolute atomic E-state index is 7.37. The van der Waals surface area contributed by atoms with Crippen molar-refractivity contribution in [3.63, 3.8) is 0 Å². The molecule has 4 aromatic rings. The molecule has 0 amide bonds. The van der Waals surface area contributed by atoms with E-state index in [2.05, 4.69) is 163 Å². The van der Waals surface area contributed by atoms with E-state index in [4.69, 9.17) is 4.74 Å². The number of rotatable bonds is 12. The fourth-order valence-corrected chi connectivity index (χ4v) is 17.2. The summed E-state index contributed by atoms with van der Waals surface area (Å²) in [6.07, 6.45) is 22.8. The van der Waals surface area contributed by atoms with E-state index in [0.717, 1.165) is 11.5 Å². The van der Waals surface area contributed by atoms with Crippen molar-refractivity contribution in [2.75, 3.05) is 28.2 Å². The van der Waals surface area contributed by atoms with Crippen molar-refractivity contribution in [1.82, 2.24) is 9.80 Å². The predicted molar refractivity (Wildman–Crippen MR) is 288 cm³/mol. The SMILES string of the molecule is C1CCCC1.C1CCCC1.Cc1ccc(Oc2ccc(C)cc2[P@](c2ccccc2)C2CCCC2[C@@H](C)N(C)C)c([P@](c2ccccc2)C2CCCC2[C@@H](C)N(C)C)c1.[CH3-].[CH3-].[CH3-].[CH3-].[Fe+2].[Fe+2]. The molecule has 0 saturated heterocycles. The summed E-state index contributed by atoms with van der Waals surface area (Å²) in [5, 5.41) is 5.75. The van der Waals surface area contributed by atoms with E-state index < -0.39 is 15.8 Å². The molecular formula is C58H90Fe2N2OP2. The molecule has 0 heterocycles. The van der Waals surface area contributed by atoms with Crippen molar-refractivity contribution in [1.29, 1.82) is 0 Å². The summed E-state index contributed by atoms with van der Waals surface area (Å²) >= 11 is 0. The molecule has 364 valence electrons. The number of nitrogens with zero attached hydrogens (tertiary/aromatic N) is 2. The van der Waals surface area contributed by atoms with Crippen LogP contribution in [-0.2, 0) is 34.1 Å². The van der Waals surface area contributed by atoms with Crippen LogP contribution in [0.4, 0.5) is 0 Å². The molecule has 0 N–H and O–H groups in total. The van der Waals surface area contributed by atoms with Crippen molar-refractivity contribution in [2.45, 2.75) is 154 Å². The molecule has 4 fully saturated rings. The third kappa shape index (κ3) is 17.4. The van der Waals surface area contributed by atoms with Crippen molar-refractivity contribution < 1.29 is 38.9 Å². The average molecular weight is 1010 g/mol. The van der Waals surface area contributed by atoms with Gasteiger partial charge in [0.2, 0.25) is 0 Å². The minimum atomic E-state index is -0.640. The van der Waals surface area contributed by atoms with Crippen molar-refractivity contribution >= 4 is 37.1 Å². The Hall–Kier alpha value is -1.50. The molecule has 4 saturated carbocycles. The van der Waals surface area contributed by atoms with Gasteiger partial charge >= 0.3 is 34.1 Å². The third-order valence-electron chi connectivity index (χ3n) is 14.1. The summed E-state index contributed by atoms with van der Waals surface area (Å²) in [5.74, 6) is 3.41. The van der Waals surface area contributed by atoms with Gasteiger partial charge in [0.25, 0.3) is 0 Å². The summed E-state index contributed by atoms with van der Waals surface area (Å²) in [6.45, 7) is 9.37. The summed E-state index contributed by atoms with van der Waals surface area (Å²) < 4.78 is 7.37. The summed E-state index contributed by atoms with van der Waals surface area (Å²) in [5.41, 5.74) is 3.85. The largest absolute Gasteiger partial charge is 2.00 e. The van der Waals surface area contributed by atoms with E-state index in [1.165, 1.54) is 135 Å². The van der Waals surface area contributed by atoms with E-state index >= 15 is 0 Å². The Labute approximate surface area is 426 Å². The van der Waals surface area contributed by atoms with Gasteiger partial charge in [0, 0.05) is 22.7 Å². The standard InChI is InChI=1S/C44H58N2OP2.2C5H10.4CH3.2Fe/c1-31-25-27-39(43(29-31)48(35-17-11-9-12-18-35)41-23-15-21-37(41)33(3)45(5)6)47-40-28-26-32(2)30-44(40)49(36-19-13-10-14-20-36)42-24-16-22-38(42)34(4)46(7)8;2*1-2-4-5-3-1;;;;;;/h9-14,17-20,25-30,33-34,37-38,41-42H,15-16,21-24H2,1-8H3;2*1-5H2;4*1H3;;/q;;;4*-1;2*+2/t33-,34-,37?,38?,41?,42?,48-,49-;;;;;;;;/m1......../s1. The molecule has 0 radical (unpaired) electrons. The van der Waals surface area contributed by atoms with Crippen LogP contribution >= 0.6 is 15.8 Å². The molecule has 65 heavy (non-hydrogen) atoms. The molecule has 0 bridgehead atoms. The van der Waals surface area contributed by atoms with Crippen LogP contribution < -0.4 is 26.0 Å². The molecule has 3 nitrogen and oxygen atoms in total. The fourth-order valence-electron chi connectivity index (χ4n) is 10.4. The number of aryl methyl sites for hydroxylation is 2. The van der Waals surface area contributed by atoms with Gasteiger partial charge in [-0.05, 0) is 155 Å². The second-order valence-electron chi connectivity index (χ2n) is 18.7. The zero-order chi connectivity index (χ0) is 41.7. The number of hydrogen-bond donors (Lipinski definition) is 0. The van der Waals surface area contributed by atoms with Gasteiger partial charge in [-0.3, -0.25) is 0 Å². The first-order chi connectivity index (χ1) is 28.6. The van der Waals surface area contributed by atoms with Gasteiger partial charge in [-0.25, -0.2) is 0 Å². The Kier molecular flexibility index (Phi) is 31.6. The fraction of sp³-hybridized carbons (Fsp3) is 0.517. The van der Waals surface area contributed by atoms with Crippen LogP contribution in [0.25, 0.3) is 0 Å². The Morgan fingerprint density at radius 3 is 1.05 bits per heavy atom. The van der Waals surface area contributed by atoms with Crippen LogP contribution in [0.15, 0.2) is 97.1 Å². The van der Waals surface area contributed by atoms with Crippen LogP contribution in [0.5, 0.6) is 11.5 Å². The van der Waals surface area contributed by atoms with Crippen LogP contribution in [0.3, 0.4) is 0 Å². The quantitative estimate of drug-likeness (QED) is 0.0799. The van der Waals surface area contributed by atoms with Crippen molar-refractivity contribution in [3.8, 4) is 11.5 Å². The molecular weight excluding hydrogens is 914 g/mol. The van der Waals surface area contributed by atoms with Crippen molar-refractivity contribution in [3.05, 3.63) is 138 Å². The Morgan fingerprint density at radius 1 is 0.446 bits per heavy atom. The molecule has 0 aliphatic heterocycles. The minimum Gasteiger partial charge on any atom is -0.456 e. The predicted octanol–water partition coefficient (Wildman–Crippen LogP) is 14.9. The van der Waals surface area contributed by atoms with Gasteiger partial charge in [-0.1, -0.05) is 161 Å². The first-order valence-electron chi connectivity index (χ1n) is 23.5. The normalized spacial score (nSPS) is 21.4. The maximum atomic E-state index is 7.37. The monoisotopic (exact) mass is 1000 g/mol. The smallest absolute Gasteiger partial charge is 0.456 e. The van der Waals surface area contributed by atoms with E-state index in [9.17, 15) is 0 Å². The second-order valence-corrected chi connectivity index (χ2v) is 23.5. The molecule has 8 rings (SSSR count). The first-order valence-corrected chi connectivity index (χ1v) is 26.4. The van der Waals surface area contributed by atoms with Crippen LogP contribution in [0, 0.1) is 55.4 Å². The van der Waals surface area contributed by atoms with Crippen molar-refractivity contribution in [2.24, 2.45) is 11.8 Å². The average Bonchev–Trinajstić information content (AvgIpc) is 4.11. The molecule has 8 atom stereocenters. The Morgan fingerprint density at radius 2 is 0.754 bits per heavy atom. The Bertz CT molecular complexity index is 1690. The van der Waals surface area contributed by atoms with Gasteiger partial charge < -0.3 is 44.2 Å². The molecule has 4 aliphatic rings. The number of ether oxygens (including phenoxy) is 1. The zero-order valence-electron chi connectivity index (χ0n) is 42.9. The van der Waals surface area contributed by atoms with E-state index in [0.29, 0.717) is 35.2 Å². The number of benzene rings is 4. The third-order valence-corrected chi connectivity index (χ3v) is 20.2. The molecule has 0 spiro atoms. The summed E-state index contributed by atoms with van der Waals surface area (Å²) in [4.78, 5) is 4.88. The van der Waals surface area contributed by atoms with E-state index in [-0.39, 0.29) is 63.8 Å². The summed E-state index contributed by atoms with van der Waals surface area (Å²) in [6, 6.07) is 37.9. The van der Waals surface area contributed by atoms with Gasteiger partial charge in [0.1, 0.15) is 11.5 Å². The summed E-state index contributed by atoms with van der Waals surface area (Å²) in [7, 11) is 7.74. The maximum Gasteiger partial charge on any atom is 2.00 e. The molecule has 4 aliphatic carbocycles. The molecule has 4 aromatic carbocycles. The molecule has 4 unspecified atom stereocenters. The van der Waals surface area contributed by atoms with Crippen LogP contribution in [0.2, 0.25) is 0 Å². The molecule has 7 heteroatoms. The number of hydrogen-bond acceptors (Lipinski definition) is 3. The molecule has 0 aromatic heterocycles. The van der Waals surface area contributed by atoms with E-state index in [1.54, 1.807) is 0 Å². The first kappa shape index (κ1) is 63.5. The van der Waals surface area contributed by atoms with Gasteiger partial charge in [-0.2, -0.15) is 0 Å². The zero-order valence-corrected chi connectivity index (χ0v) is 46.9. The van der Waals surface area contributed by atoms with Gasteiger partial charge in [-0.15, -0.1) is 0 Å². The van der Waals surface area contributed by atoms with Gasteiger partial charge in [0.05, 0.1) is 0 Å². The van der Waals surface area contributed by atoms with Crippen LogP contribution in [0.1, 0.15) is 128 Å². The van der Waals surface area contributed by atoms with E-state index in [1.807, 2.05) is 0 Å². The topological polar surface area (TPSA) is 15.7 Å². The van der Waals surface area contributed by atoms with Gasteiger partial charge in [0.15, 0.2) is 0 Å². The Balaban J connectivity index is 0.00000227. The minimum absolute atomic E-state index is 0. The van der Waals surface area contributed by atoms with Crippen LogP contribution in [-0.4, -0.2) is 61.4 Å².